The van der Waals surface area contributed by atoms with Gasteiger partial charge in [0.2, 0.25) is 0 Å². The number of hydrogen-bond donors (Lipinski definition) is 4. The molecular formula is C6H11FO5. The van der Waals surface area contributed by atoms with Gasteiger partial charge < -0.3 is 25.2 Å². The second-order valence-electron chi connectivity index (χ2n) is 2.31. The fraction of sp³-hybridized carbons (Fsp3) is 0.833. The molecule has 0 spiro atoms. The number of hydrogen-bond acceptors (Lipinski definition) is 5. The van der Waals surface area contributed by atoms with Gasteiger partial charge in [0.25, 0.3) is 0 Å². The van der Waals surface area contributed by atoms with Gasteiger partial charge in [0.15, 0.2) is 12.5 Å². The maximum absolute atomic E-state index is 12.3. The Bertz CT molecular complexity index is 142. The molecule has 0 amide bonds. The molecule has 0 aromatic rings. The third kappa shape index (κ3) is 2.82. The van der Waals surface area contributed by atoms with E-state index in [0.717, 1.165) is 0 Å². The molecule has 0 aromatic heterocycles. The lowest BCUT2D eigenvalue weighted by atomic mass is 10.1. The molecule has 0 rings (SSSR count). The zero-order chi connectivity index (χ0) is 9.72. The van der Waals surface area contributed by atoms with Crippen LogP contribution < -0.4 is 0 Å². The van der Waals surface area contributed by atoms with Gasteiger partial charge in [-0.05, 0) is 0 Å². The van der Waals surface area contributed by atoms with E-state index in [-0.39, 0.29) is 6.29 Å². The monoisotopic (exact) mass is 181 g/mol. The molecule has 5 nitrogen and oxygen atoms in total. The summed E-state index contributed by atoms with van der Waals surface area (Å²) in [4.78, 5) is 9.77. The van der Waals surface area contributed by atoms with Crippen molar-refractivity contribution in [2.45, 2.75) is 24.5 Å². The van der Waals surface area contributed by atoms with Crippen LogP contribution >= 0.6 is 0 Å². The number of aliphatic hydroxyl groups excluding tert-OH is 4. The molecule has 72 valence electrons. The normalized spacial score (nSPS) is 21.1. The van der Waals surface area contributed by atoms with E-state index in [1.165, 1.54) is 0 Å². The zero-order valence-corrected chi connectivity index (χ0v) is 6.17. The number of carbonyl (C=O) groups is 1. The van der Waals surface area contributed by atoms with E-state index < -0.39 is 31.1 Å². The largest absolute Gasteiger partial charge is 0.394 e. The maximum Gasteiger partial charge on any atom is 0.183 e. The third-order valence-electron chi connectivity index (χ3n) is 1.39. The molecule has 0 fully saturated rings. The van der Waals surface area contributed by atoms with Gasteiger partial charge >= 0.3 is 0 Å². The Morgan fingerprint density at radius 2 is 1.75 bits per heavy atom. The maximum atomic E-state index is 12.3. The van der Waals surface area contributed by atoms with Crippen LogP contribution in [0.5, 0.6) is 0 Å². The van der Waals surface area contributed by atoms with Crippen LogP contribution in [0.15, 0.2) is 0 Å². The molecule has 0 unspecified atom stereocenters. The SMILES string of the molecule is O=C[C@H]([18F])[C@@H](O)[C@@H](O)[C@H](O)CO. The van der Waals surface area contributed by atoms with Gasteiger partial charge in [-0.2, -0.15) is 0 Å². The lowest BCUT2D eigenvalue weighted by Gasteiger charge is -2.21. The molecule has 4 N–H and O–H groups in total. The standard InChI is InChI=1S/C6H11FO5/c7-3(1-8)5(11)6(12)4(10)2-9/h1,3-6,9-12H,2H2/t3-,4+,5+,6-/m0/s1/i7-1. The predicted molar refractivity (Wildman–Crippen MR) is 36.1 cm³/mol. The van der Waals surface area contributed by atoms with E-state index in [9.17, 15) is 9.18 Å². The van der Waals surface area contributed by atoms with Gasteiger partial charge in [-0.15, -0.1) is 0 Å². The Labute approximate surface area is 68.1 Å². The Kier molecular flexibility index (Phi) is 4.91. The summed E-state index contributed by atoms with van der Waals surface area (Å²) in [5, 5.41) is 34.6. The Hall–Kier alpha value is -0.560. The molecule has 0 aliphatic carbocycles. The topological polar surface area (TPSA) is 98.0 Å². The quantitative estimate of drug-likeness (QED) is 0.354. The van der Waals surface area contributed by atoms with Crippen LogP contribution in [0.25, 0.3) is 0 Å². The van der Waals surface area contributed by atoms with Crippen LogP contribution in [0.1, 0.15) is 0 Å². The molecule has 0 radical (unpaired) electrons. The summed E-state index contributed by atoms with van der Waals surface area (Å²) in [5.74, 6) is 0. The Balaban J connectivity index is 4.07. The number of aldehydes is 1. The summed E-state index contributed by atoms with van der Waals surface area (Å²) in [6.07, 6.45) is -7.99. The highest BCUT2D eigenvalue weighted by Crippen LogP contribution is 2.05. The fourth-order valence-corrected chi connectivity index (χ4v) is 0.604. The minimum absolute atomic E-state index is 0.196. The minimum atomic E-state index is -2.26. The van der Waals surface area contributed by atoms with E-state index in [1.807, 2.05) is 0 Å². The summed E-state index contributed by atoms with van der Waals surface area (Å²) in [6, 6.07) is 0. The summed E-state index contributed by atoms with van der Waals surface area (Å²) in [6.45, 7) is -0.816. The van der Waals surface area contributed by atoms with E-state index in [2.05, 4.69) is 0 Å². The molecular weight excluding hydrogens is 170 g/mol. The van der Waals surface area contributed by atoms with E-state index in [4.69, 9.17) is 20.4 Å². The van der Waals surface area contributed by atoms with E-state index in [0.29, 0.717) is 0 Å². The van der Waals surface area contributed by atoms with Gasteiger partial charge in [0.1, 0.15) is 18.3 Å². The first-order chi connectivity index (χ1) is 5.54. The lowest BCUT2D eigenvalue weighted by Crippen LogP contribution is -2.44. The molecule has 12 heavy (non-hydrogen) atoms. The van der Waals surface area contributed by atoms with Crippen molar-refractivity contribution < 1.29 is 29.6 Å². The highest BCUT2D eigenvalue weighted by molar-refractivity contribution is 5.56. The molecule has 0 aliphatic heterocycles. The van der Waals surface area contributed by atoms with Gasteiger partial charge in [0.05, 0.1) is 6.61 Å². The van der Waals surface area contributed by atoms with Crippen molar-refractivity contribution >= 4 is 6.29 Å². The van der Waals surface area contributed by atoms with Crippen molar-refractivity contribution in [3.05, 3.63) is 0 Å². The van der Waals surface area contributed by atoms with Crippen LogP contribution in [-0.4, -0.2) is 57.8 Å². The van der Waals surface area contributed by atoms with Crippen molar-refractivity contribution in [3.63, 3.8) is 0 Å². The van der Waals surface area contributed by atoms with E-state index in [1.54, 1.807) is 0 Å². The highest BCUT2D eigenvalue weighted by Gasteiger charge is 2.30. The molecule has 0 aliphatic rings. The summed E-state index contributed by atoms with van der Waals surface area (Å²) >= 11 is 0. The van der Waals surface area contributed by atoms with Crippen LogP contribution in [0, 0.1) is 0 Å². The molecule has 4 atom stereocenters. The Morgan fingerprint density at radius 1 is 1.25 bits per heavy atom. The first-order valence-electron chi connectivity index (χ1n) is 3.29. The predicted octanol–water partition coefficient (Wildman–Crippen LogP) is -2.40. The second-order valence-corrected chi connectivity index (χ2v) is 2.31. The second kappa shape index (κ2) is 5.15. The van der Waals surface area contributed by atoms with Gasteiger partial charge in [0, 0.05) is 0 Å². The van der Waals surface area contributed by atoms with Crippen molar-refractivity contribution in [3.8, 4) is 0 Å². The number of alkyl halides is 1. The van der Waals surface area contributed by atoms with Crippen LogP contribution in [0.3, 0.4) is 0 Å². The average molecular weight is 181 g/mol. The average Bonchev–Trinajstić information content (AvgIpc) is 2.12. The molecule has 6 heteroatoms. The Morgan fingerprint density at radius 3 is 2.08 bits per heavy atom. The van der Waals surface area contributed by atoms with Gasteiger partial charge in [-0.3, -0.25) is 0 Å². The summed E-state index contributed by atoms with van der Waals surface area (Å²) in [5.41, 5.74) is 0. The highest BCUT2D eigenvalue weighted by atomic mass is 18.2. The van der Waals surface area contributed by atoms with Crippen LogP contribution in [0.2, 0.25) is 0 Å². The fourth-order valence-electron chi connectivity index (χ4n) is 0.604. The smallest absolute Gasteiger partial charge is 0.183 e. The van der Waals surface area contributed by atoms with Gasteiger partial charge in [-0.25, -0.2) is 4.39 Å². The molecule has 0 aromatic carbocycles. The van der Waals surface area contributed by atoms with Gasteiger partial charge in [-0.1, -0.05) is 0 Å². The van der Waals surface area contributed by atoms with Crippen molar-refractivity contribution in [2.75, 3.05) is 6.61 Å². The minimum Gasteiger partial charge on any atom is -0.394 e. The molecule has 0 heterocycles. The molecule has 0 saturated carbocycles. The van der Waals surface area contributed by atoms with Crippen molar-refractivity contribution in [1.82, 2.24) is 0 Å². The number of aliphatic hydroxyl groups is 4. The molecule has 0 saturated heterocycles. The van der Waals surface area contributed by atoms with Crippen molar-refractivity contribution in [2.24, 2.45) is 0 Å². The number of carbonyl (C=O) groups excluding carboxylic acids is 1. The van der Waals surface area contributed by atoms with Crippen LogP contribution in [0.4, 0.5) is 4.39 Å². The zero-order valence-electron chi connectivity index (χ0n) is 6.17. The van der Waals surface area contributed by atoms with Crippen molar-refractivity contribution in [1.29, 1.82) is 0 Å². The van der Waals surface area contributed by atoms with E-state index >= 15 is 0 Å². The summed E-state index contributed by atoms with van der Waals surface area (Å²) < 4.78 is 12.3. The van der Waals surface area contributed by atoms with Crippen LogP contribution in [-0.2, 0) is 4.79 Å². The summed E-state index contributed by atoms with van der Waals surface area (Å²) in [7, 11) is 0. The first kappa shape index (κ1) is 11.4. The lowest BCUT2D eigenvalue weighted by molar-refractivity contribution is -0.127. The first-order valence-corrected chi connectivity index (χ1v) is 3.29. The third-order valence-corrected chi connectivity index (χ3v) is 1.39. The molecule has 0 bridgehead atoms. The number of rotatable bonds is 5. The number of halogens is 1.